The Balaban J connectivity index is 1.83. The molecule has 2 N–H and O–H groups in total. The number of thiazole rings is 2. The van der Waals surface area contributed by atoms with Gasteiger partial charge in [0.05, 0.1) is 20.6 Å². The zero-order valence-electron chi connectivity index (χ0n) is 14.5. The number of hydrogen-bond acceptors (Lipinski definition) is 5. The lowest BCUT2D eigenvalue weighted by molar-refractivity contribution is 0.252. The van der Waals surface area contributed by atoms with Gasteiger partial charge in [-0.1, -0.05) is 23.5 Å². The Morgan fingerprint density at radius 3 is 3.04 bits per heavy atom. The van der Waals surface area contributed by atoms with Crippen LogP contribution in [-0.2, 0) is 0 Å². The number of allylic oxidation sites excluding steroid dienone is 5. The zero-order valence-corrected chi connectivity index (χ0v) is 16.2. The molecule has 5 nitrogen and oxygen atoms in total. The maximum atomic E-state index is 11.9. The van der Waals surface area contributed by atoms with E-state index in [0.29, 0.717) is 11.7 Å². The summed E-state index contributed by atoms with van der Waals surface area (Å²) in [6.07, 6.45) is 11.7. The van der Waals surface area contributed by atoms with Gasteiger partial charge in [0.2, 0.25) is 0 Å². The second kappa shape index (κ2) is 7.72. The molecule has 0 saturated carbocycles. The van der Waals surface area contributed by atoms with E-state index in [4.69, 9.17) is 0 Å². The molecule has 3 aromatic rings. The number of nitrogens with one attached hydrogen (secondary N) is 2. The van der Waals surface area contributed by atoms with Gasteiger partial charge in [-0.25, -0.2) is 9.78 Å². The van der Waals surface area contributed by atoms with E-state index in [9.17, 15) is 4.79 Å². The van der Waals surface area contributed by atoms with Gasteiger partial charge >= 0.3 is 6.03 Å². The van der Waals surface area contributed by atoms with Crippen LogP contribution in [0.25, 0.3) is 26.2 Å². The normalized spacial score (nSPS) is 12.9. The van der Waals surface area contributed by atoms with Crippen LogP contribution in [0.4, 0.5) is 9.93 Å². The molecule has 134 valence electrons. The summed E-state index contributed by atoms with van der Waals surface area (Å²) in [5, 5.41) is 6.11. The first-order chi connectivity index (χ1) is 13.2. The largest absolute Gasteiger partial charge is 0.338 e. The van der Waals surface area contributed by atoms with E-state index in [1.54, 1.807) is 11.3 Å². The Kier molecular flexibility index (Phi) is 4.98. The van der Waals surface area contributed by atoms with E-state index in [1.165, 1.54) is 11.3 Å². The maximum absolute atomic E-state index is 11.9. The lowest BCUT2D eigenvalue weighted by atomic mass is 10.0. The van der Waals surface area contributed by atoms with Crippen LogP contribution < -0.4 is 10.6 Å². The molecule has 0 spiro atoms. The van der Waals surface area contributed by atoms with Crippen molar-refractivity contribution in [3.8, 4) is 10.4 Å². The molecule has 0 aliphatic heterocycles. The highest BCUT2D eigenvalue weighted by Crippen LogP contribution is 2.39. The van der Waals surface area contributed by atoms with Gasteiger partial charge in [-0.3, -0.25) is 10.3 Å². The summed E-state index contributed by atoms with van der Waals surface area (Å²) in [6.45, 7) is 2.44. The third-order valence-corrected chi connectivity index (χ3v) is 5.73. The third-order valence-electron chi connectivity index (χ3n) is 3.91. The highest BCUT2D eigenvalue weighted by Gasteiger charge is 2.15. The Morgan fingerprint density at radius 1 is 1.30 bits per heavy atom. The molecule has 0 unspecified atom stereocenters. The number of carbonyl (C=O) groups is 1. The van der Waals surface area contributed by atoms with Crippen LogP contribution in [0.3, 0.4) is 0 Å². The number of hydrogen-bond donors (Lipinski definition) is 2. The first-order valence-electron chi connectivity index (χ1n) is 8.42. The van der Waals surface area contributed by atoms with Crippen molar-refractivity contribution in [2.45, 2.75) is 6.92 Å². The van der Waals surface area contributed by atoms with Gasteiger partial charge in [0, 0.05) is 18.3 Å². The van der Waals surface area contributed by atoms with Crippen molar-refractivity contribution in [2.24, 2.45) is 0 Å². The summed E-state index contributed by atoms with van der Waals surface area (Å²) in [5.41, 5.74) is 8.96. The maximum Gasteiger partial charge on any atom is 0.321 e. The minimum Gasteiger partial charge on any atom is -0.338 e. The Morgan fingerprint density at radius 2 is 2.22 bits per heavy atom. The molecule has 1 aliphatic carbocycles. The van der Waals surface area contributed by atoms with Crippen molar-refractivity contribution >= 4 is 49.6 Å². The molecule has 2 aromatic heterocycles. The molecular weight excluding hydrogens is 376 g/mol. The standard InChI is InChI=1S/C20H16N4OS2/c1-2-22-19(25)24-20-23-16-10-14(13-7-5-3-4-6-8-13)9-15(18(16)27-20)17-11-21-12-26-17/h3,5-12H,2H2,1H3,(H2,22,23,24,25). The zero-order chi connectivity index (χ0) is 18.6. The minimum absolute atomic E-state index is 0.248. The van der Waals surface area contributed by atoms with E-state index in [2.05, 4.69) is 38.5 Å². The molecular formula is C20H16N4OS2. The summed E-state index contributed by atoms with van der Waals surface area (Å²) < 4.78 is 1.03. The first-order valence-corrected chi connectivity index (χ1v) is 10.1. The monoisotopic (exact) mass is 392 g/mol. The highest BCUT2D eigenvalue weighted by atomic mass is 32.1. The highest BCUT2D eigenvalue weighted by molar-refractivity contribution is 7.23. The van der Waals surface area contributed by atoms with Gasteiger partial charge in [-0.05, 0) is 48.4 Å². The van der Waals surface area contributed by atoms with Gasteiger partial charge < -0.3 is 5.32 Å². The second-order valence-electron chi connectivity index (χ2n) is 5.72. The van der Waals surface area contributed by atoms with E-state index in [-0.39, 0.29) is 6.03 Å². The van der Waals surface area contributed by atoms with E-state index in [0.717, 1.165) is 31.8 Å². The van der Waals surface area contributed by atoms with Gasteiger partial charge in [-0.2, -0.15) is 0 Å². The van der Waals surface area contributed by atoms with Crippen molar-refractivity contribution in [3.05, 3.63) is 65.5 Å². The number of fused-ring (bicyclic) bond motifs is 1. The van der Waals surface area contributed by atoms with Crippen LogP contribution in [0, 0.1) is 0 Å². The van der Waals surface area contributed by atoms with Crippen LogP contribution >= 0.6 is 22.7 Å². The lowest BCUT2D eigenvalue weighted by Gasteiger charge is -2.06. The van der Waals surface area contributed by atoms with Gasteiger partial charge in [0.25, 0.3) is 0 Å². The van der Waals surface area contributed by atoms with Crippen LogP contribution in [0.5, 0.6) is 0 Å². The van der Waals surface area contributed by atoms with Crippen molar-refractivity contribution in [1.82, 2.24) is 15.3 Å². The third kappa shape index (κ3) is 3.75. The van der Waals surface area contributed by atoms with Crippen LogP contribution in [0.15, 0.2) is 60.0 Å². The minimum atomic E-state index is -0.248. The fourth-order valence-electron chi connectivity index (χ4n) is 2.74. The summed E-state index contributed by atoms with van der Waals surface area (Å²) in [6, 6.07) is 3.95. The topological polar surface area (TPSA) is 66.9 Å². The Hall–Kier alpha value is -2.99. The molecule has 7 heteroatoms. The predicted molar refractivity (Wildman–Crippen MR) is 113 cm³/mol. The number of amides is 2. The number of rotatable bonds is 4. The van der Waals surface area contributed by atoms with Crippen molar-refractivity contribution in [3.63, 3.8) is 0 Å². The fraction of sp³-hybridized carbons (Fsp3) is 0.100. The number of anilines is 1. The van der Waals surface area contributed by atoms with E-state index in [1.807, 2.05) is 49.0 Å². The van der Waals surface area contributed by atoms with Gasteiger partial charge in [0.1, 0.15) is 0 Å². The average Bonchev–Trinajstić information content (AvgIpc) is 3.24. The Labute approximate surface area is 164 Å². The van der Waals surface area contributed by atoms with Crippen LogP contribution in [0.2, 0.25) is 0 Å². The number of nitrogens with zero attached hydrogens (tertiary/aromatic N) is 2. The van der Waals surface area contributed by atoms with Crippen LogP contribution in [-0.4, -0.2) is 22.5 Å². The molecule has 0 fully saturated rings. The SMILES string of the molecule is CCNC(=O)Nc1nc2cc(C3=CC=C=CC=C3)cc(-c3cncs3)c2s1. The molecule has 1 aliphatic rings. The van der Waals surface area contributed by atoms with Crippen molar-refractivity contribution in [1.29, 1.82) is 0 Å². The predicted octanol–water partition coefficient (Wildman–Crippen LogP) is 5.23. The van der Waals surface area contributed by atoms with E-state index >= 15 is 0 Å². The lowest BCUT2D eigenvalue weighted by Crippen LogP contribution is -2.28. The van der Waals surface area contributed by atoms with E-state index < -0.39 is 0 Å². The molecule has 0 atom stereocenters. The van der Waals surface area contributed by atoms with Gasteiger partial charge in [0.15, 0.2) is 5.13 Å². The van der Waals surface area contributed by atoms with Crippen molar-refractivity contribution < 1.29 is 4.79 Å². The summed E-state index contributed by atoms with van der Waals surface area (Å²) >= 11 is 3.05. The molecule has 0 bridgehead atoms. The first kappa shape index (κ1) is 17.4. The van der Waals surface area contributed by atoms with Crippen LogP contribution in [0.1, 0.15) is 12.5 Å². The second-order valence-corrected chi connectivity index (χ2v) is 7.61. The fourth-order valence-corrected chi connectivity index (χ4v) is 4.41. The number of carbonyl (C=O) groups excluding carboxylic acids is 1. The number of benzene rings is 1. The molecule has 27 heavy (non-hydrogen) atoms. The van der Waals surface area contributed by atoms with Crippen molar-refractivity contribution in [2.75, 3.05) is 11.9 Å². The molecule has 0 saturated heterocycles. The summed E-state index contributed by atoms with van der Waals surface area (Å²) in [7, 11) is 0. The molecule has 0 radical (unpaired) electrons. The molecule has 2 amide bonds. The molecule has 4 rings (SSSR count). The average molecular weight is 393 g/mol. The quantitative estimate of drug-likeness (QED) is 0.598. The summed E-state index contributed by atoms with van der Waals surface area (Å²) in [4.78, 5) is 21.8. The number of urea groups is 1. The summed E-state index contributed by atoms with van der Waals surface area (Å²) in [5.74, 6) is 0. The smallest absolute Gasteiger partial charge is 0.321 e. The molecule has 2 heterocycles. The Bertz CT molecular complexity index is 1120. The number of aromatic nitrogens is 2. The van der Waals surface area contributed by atoms with Gasteiger partial charge in [-0.15, -0.1) is 17.1 Å². The molecule has 1 aromatic carbocycles.